The molecule has 3 aromatic rings. The van der Waals surface area contributed by atoms with E-state index in [1.54, 1.807) is 30.7 Å². The quantitative estimate of drug-likeness (QED) is 0.759. The maximum Gasteiger partial charge on any atom is 0.257 e. The summed E-state index contributed by atoms with van der Waals surface area (Å²) >= 11 is 0. The Morgan fingerprint density at radius 1 is 0.852 bits per heavy atom. The monoisotopic (exact) mass is 361 g/mol. The molecule has 136 valence electrons. The van der Waals surface area contributed by atoms with Gasteiger partial charge in [-0.25, -0.2) is 15.0 Å². The third kappa shape index (κ3) is 4.00. The molecule has 0 saturated carbocycles. The van der Waals surface area contributed by atoms with Crippen LogP contribution in [-0.4, -0.2) is 52.0 Å². The van der Waals surface area contributed by atoms with Gasteiger partial charge in [0.1, 0.15) is 5.82 Å². The highest BCUT2D eigenvalue weighted by Gasteiger charge is 2.19. The average molecular weight is 361 g/mol. The van der Waals surface area contributed by atoms with Gasteiger partial charge in [0.05, 0.1) is 23.6 Å². The second kappa shape index (κ2) is 7.77. The second-order valence-electron chi connectivity index (χ2n) is 6.13. The zero-order chi connectivity index (χ0) is 18.5. The molecule has 1 amide bonds. The summed E-state index contributed by atoms with van der Waals surface area (Å²) < 4.78 is 0. The van der Waals surface area contributed by atoms with E-state index in [1.807, 2.05) is 24.4 Å². The summed E-state index contributed by atoms with van der Waals surface area (Å²) in [6, 6.07) is 9.36. The molecular formula is C19H19N7O. The molecule has 1 fully saturated rings. The van der Waals surface area contributed by atoms with Gasteiger partial charge >= 0.3 is 0 Å². The largest absolute Gasteiger partial charge is 0.353 e. The molecule has 0 bridgehead atoms. The SMILES string of the molecule is O=C(Nc1cnc(N2CCN(c3ccccn3)CC2)nc1)c1cccnc1. The summed E-state index contributed by atoms with van der Waals surface area (Å²) in [4.78, 5) is 33.7. The van der Waals surface area contributed by atoms with Crippen LogP contribution < -0.4 is 15.1 Å². The minimum Gasteiger partial charge on any atom is -0.353 e. The Morgan fingerprint density at radius 3 is 2.30 bits per heavy atom. The number of piperazine rings is 1. The van der Waals surface area contributed by atoms with Crippen LogP contribution in [0.5, 0.6) is 0 Å². The van der Waals surface area contributed by atoms with E-state index in [0.717, 1.165) is 32.0 Å². The summed E-state index contributed by atoms with van der Waals surface area (Å²) in [5.74, 6) is 1.42. The first-order valence-corrected chi connectivity index (χ1v) is 8.74. The van der Waals surface area contributed by atoms with Gasteiger partial charge in [-0.15, -0.1) is 0 Å². The Morgan fingerprint density at radius 2 is 1.63 bits per heavy atom. The van der Waals surface area contributed by atoms with Gasteiger partial charge in [-0.05, 0) is 24.3 Å². The van der Waals surface area contributed by atoms with Crippen molar-refractivity contribution in [3.8, 4) is 0 Å². The first-order chi connectivity index (χ1) is 13.3. The van der Waals surface area contributed by atoms with Crippen LogP contribution in [0.25, 0.3) is 0 Å². The highest BCUT2D eigenvalue weighted by molar-refractivity contribution is 6.03. The fraction of sp³-hybridized carbons (Fsp3) is 0.211. The van der Waals surface area contributed by atoms with Crippen molar-refractivity contribution in [1.29, 1.82) is 0 Å². The molecule has 4 heterocycles. The van der Waals surface area contributed by atoms with E-state index < -0.39 is 0 Å². The number of rotatable bonds is 4. The van der Waals surface area contributed by atoms with Crippen molar-refractivity contribution in [3.63, 3.8) is 0 Å². The Hall–Kier alpha value is -3.55. The van der Waals surface area contributed by atoms with Crippen LogP contribution in [-0.2, 0) is 0 Å². The van der Waals surface area contributed by atoms with Gasteiger partial charge in [-0.2, -0.15) is 0 Å². The van der Waals surface area contributed by atoms with E-state index in [2.05, 4.69) is 35.1 Å². The van der Waals surface area contributed by atoms with Crippen LogP contribution in [0.4, 0.5) is 17.5 Å². The zero-order valence-electron chi connectivity index (χ0n) is 14.7. The minimum atomic E-state index is -0.233. The number of nitrogens with zero attached hydrogens (tertiary/aromatic N) is 6. The van der Waals surface area contributed by atoms with Crippen LogP contribution in [0.15, 0.2) is 61.3 Å². The highest BCUT2D eigenvalue weighted by Crippen LogP contribution is 2.16. The van der Waals surface area contributed by atoms with E-state index in [4.69, 9.17) is 0 Å². The second-order valence-corrected chi connectivity index (χ2v) is 6.13. The standard InChI is InChI=1S/C19H19N7O/c27-18(15-4-3-6-20-12-15)24-16-13-22-19(23-14-16)26-10-8-25(9-11-26)17-5-1-2-7-21-17/h1-7,12-14H,8-11H2,(H,24,27). The number of carbonyl (C=O) groups excluding carboxylic acids is 1. The molecule has 0 aliphatic carbocycles. The Balaban J connectivity index is 1.35. The molecule has 0 unspecified atom stereocenters. The average Bonchev–Trinajstić information content (AvgIpc) is 2.76. The van der Waals surface area contributed by atoms with Crippen molar-refractivity contribution in [3.05, 3.63) is 66.9 Å². The van der Waals surface area contributed by atoms with Gasteiger partial charge < -0.3 is 15.1 Å². The highest BCUT2D eigenvalue weighted by atomic mass is 16.1. The molecule has 1 N–H and O–H groups in total. The minimum absolute atomic E-state index is 0.233. The van der Waals surface area contributed by atoms with Crippen LogP contribution in [0.3, 0.4) is 0 Å². The normalized spacial score (nSPS) is 14.1. The van der Waals surface area contributed by atoms with Crippen molar-refractivity contribution in [2.75, 3.05) is 41.3 Å². The molecule has 8 nitrogen and oxygen atoms in total. The fourth-order valence-electron chi connectivity index (χ4n) is 2.93. The van der Waals surface area contributed by atoms with E-state index in [0.29, 0.717) is 17.2 Å². The van der Waals surface area contributed by atoms with Crippen LogP contribution >= 0.6 is 0 Å². The number of aromatic nitrogens is 4. The number of carbonyl (C=O) groups is 1. The number of hydrogen-bond acceptors (Lipinski definition) is 7. The molecule has 0 aromatic carbocycles. The first kappa shape index (κ1) is 16.9. The molecule has 1 aliphatic rings. The molecule has 1 aliphatic heterocycles. The Kier molecular flexibility index (Phi) is 4.86. The molecule has 1 saturated heterocycles. The van der Waals surface area contributed by atoms with Crippen molar-refractivity contribution in [2.24, 2.45) is 0 Å². The summed E-state index contributed by atoms with van der Waals surface area (Å²) in [5.41, 5.74) is 1.05. The van der Waals surface area contributed by atoms with Gasteiger partial charge in [-0.3, -0.25) is 9.78 Å². The number of nitrogens with one attached hydrogen (secondary N) is 1. The maximum atomic E-state index is 12.1. The lowest BCUT2D eigenvalue weighted by Gasteiger charge is -2.35. The van der Waals surface area contributed by atoms with Crippen LogP contribution in [0, 0.1) is 0 Å². The lowest BCUT2D eigenvalue weighted by Crippen LogP contribution is -2.47. The molecule has 27 heavy (non-hydrogen) atoms. The Labute approximate surface area is 156 Å². The van der Waals surface area contributed by atoms with Crippen molar-refractivity contribution >= 4 is 23.4 Å². The third-order valence-corrected chi connectivity index (χ3v) is 4.36. The fourth-order valence-corrected chi connectivity index (χ4v) is 2.93. The van der Waals surface area contributed by atoms with Gasteiger partial charge in [0, 0.05) is 44.8 Å². The van der Waals surface area contributed by atoms with Gasteiger partial charge in [0.2, 0.25) is 5.95 Å². The molecule has 8 heteroatoms. The smallest absolute Gasteiger partial charge is 0.257 e. The molecule has 0 atom stereocenters. The van der Waals surface area contributed by atoms with Crippen LogP contribution in [0.1, 0.15) is 10.4 Å². The van der Waals surface area contributed by atoms with E-state index >= 15 is 0 Å². The van der Waals surface area contributed by atoms with Crippen molar-refractivity contribution in [2.45, 2.75) is 0 Å². The third-order valence-electron chi connectivity index (χ3n) is 4.36. The number of pyridine rings is 2. The number of hydrogen-bond donors (Lipinski definition) is 1. The van der Waals surface area contributed by atoms with E-state index in [-0.39, 0.29) is 5.91 Å². The van der Waals surface area contributed by atoms with Crippen molar-refractivity contribution in [1.82, 2.24) is 19.9 Å². The predicted octanol–water partition coefficient (Wildman–Crippen LogP) is 1.85. The summed E-state index contributed by atoms with van der Waals surface area (Å²) in [7, 11) is 0. The lowest BCUT2D eigenvalue weighted by atomic mass is 10.2. The molecule has 0 spiro atoms. The molecule has 0 radical (unpaired) electrons. The maximum absolute atomic E-state index is 12.1. The first-order valence-electron chi connectivity index (χ1n) is 8.74. The molecular weight excluding hydrogens is 342 g/mol. The van der Waals surface area contributed by atoms with Gasteiger partial charge in [-0.1, -0.05) is 6.07 Å². The van der Waals surface area contributed by atoms with Gasteiger partial charge in [0.25, 0.3) is 5.91 Å². The molecule has 3 aromatic heterocycles. The topological polar surface area (TPSA) is 87.1 Å². The number of anilines is 3. The van der Waals surface area contributed by atoms with Gasteiger partial charge in [0.15, 0.2) is 0 Å². The zero-order valence-corrected chi connectivity index (χ0v) is 14.7. The summed E-state index contributed by atoms with van der Waals surface area (Å²) in [6.07, 6.45) is 8.21. The van der Waals surface area contributed by atoms with E-state index in [9.17, 15) is 4.79 Å². The van der Waals surface area contributed by atoms with Crippen molar-refractivity contribution < 1.29 is 4.79 Å². The summed E-state index contributed by atoms with van der Waals surface area (Å²) in [5, 5.41) is 2.78. The number of amides is 1. The predicted molar refractivity (Wildman–Crippen MR) is 103 cm³/mol. The Bertz CT molecular complexity index is 879. The van der Waals surface area contributed by atoms with E-state index in [1.165, 1.54) is 6.20 Å². The summed E-state index contributed by atoms with van der Waals surface area (Å²) in [6.45, 7) is 3.36. The lowest BCUT2D eigenvalue weighted by molar-refractivity contribution is 0.102. The van der Waals surface area contributed by atoms with Crippen LogP contribution in [0.2, 0.25) is 0 Å². The molecule has 4 rings (SSSR count).